The normalized spacial score (nSPS) is 18.8. The standard InChI is InChI=1S/C14H19NO4S/c1-14(2,3)19-8-11(16)15-6-4-10-9(5-7-20-10)12(15)13(17)18/h5,7,12H,4,6,8H2,1-3H3,(H,17,18). The Morgan fingerprint density at radius 2 is 2.20 bits per heavy atom. The molecule has 1 aromatic rings. The number of nitrogens with zero attached hydrogens (tertiary/aromatic N) is 1. The average molecular weight is 297 g/mol. The number of rotatable bonds is 3. The van der Waals surface area contributed by atoms with Gasteiger partial charge in [0.25, 0.3) is 0 Å². The van der Waals surface area contributed by atoms with Crippen LogP contribution in [0.15, 0.2) is 11.4 Å². The first-order valence-electron chi connectivity index (χ1n) is 6.52. The molecule has 2 heterocycles. The second-order valence-electron chi connectivity index (χ2n) is 5.78. The Morgan fingerprint density at radius 3 is 2.80 bits per heavy atom. The maximum absolute atomic E-state index is 12.2. The number of thiophene rings is 1. The first kappa shape index (κ1) is 15.0. The molecule has 5 nitrogen and oxygen atoms in total. The quantitative estimate of drug-likeness (QED) is 0.927. The van der Waals surface area contributed by atoms with Crippen molar-refractivity contribution in [2.24, 2.45) is 0 Å². The molecular formula is C14H19NO4S. The van der Waals surface area contributed by atoms with E-state index in [0.29, 0.717) is 13.0 Å². The highest BCUT2D eigenvalue weighted by molar-refractivity contribution is 7.10. The number of carbonyl (C=O) groups is 2. The molecule has 20 heavy (non-hydrogen) atoms. The third-order valence-corrected chi connectivity index (χ3v) is 4.15. The van der Waals surface area contributed by atoms with Crippen LogP contribution in [0.25, 0.3) is 0 Å². The van der Waals surface area contributed by atoms with Crippen molar-refractivity contribution in [3.63, 3.8) is 0 Å². The van der Waals surface area contributed by atoms with E-state index in [1.165, 1.54) is 4.90 Å². The van der Waals surface area contributed by atoms with E-state index in [4.69, 9.17) is 4.74 Å². The fraction of sp³-hybridized carbons (Fsp3) is 0.571. The van der Waals surface area contributed by atoms with Crippen molar-refractivity contribution in [1.82, 2.24) is 4.90 Å². The maximum atomic E-state index is 12.2. The Morgan fingerprint density at radius 1 is 1.50 bits per heavy atom. The monoisotopic (exact) mass is 297 g/mol. The molecule has 1 aliphatic heterocycles. The molecule has 1 N–H and O–H groups in total. The summed E-state index contributed by atoms with van der Waals surface area (Å²) < 4.78 is 5.46. The van der Waals surface area contributed by atoms with Crippen LogP contribution in [0.1, 0.15) is 37.3 Å². The van der Waals surface area contributed by atoms with E-state index >= 15 is 0 Å². The molecule has 0 aromatic carbocycles. The van der Waals surface area contributed by atoms with Gasteiger partial charge in [-0.3, -0.25) is 4.79 Å². The van der Waals surface area contributed by atoms with Crippen LogP contribution in [-0.2, 0) is 20.7 Å². The van der Waals surface area contributed by atoms with E-state index in [-0.39, 0.29) is 12.5 Å². The van der Waals surface area contributed by atoms with Crippen LogP contribution in [0.5, 0.6) is 0 Å². The van der Waals surface area contributed by atoms with Crippen molar-refractivity contribution in [2.75, 3.05) is 13.2 Å². The van der Waals surface area contributed by atoms with Gasteiger partial charge in [0.15, 0.2) is 6.04 Å². The first-order valence-corrected chi connectivity index (χ1v) is 7.40. The number of carboxylic acids is 1. The molecule has 1 aliphatic rings. The van der Waals surface area contributed by atoms with E-state index in [2.05, 4.69) is 0 Å². The van der Waals surface area contributed by atoms with E-state index in [1.54, 1.807) is 17.4 Å². The van der Waals surface area contributed by atoms with Gasteiger partial charge in [0.05, 0.1) is 5.60 Å². The third kappa shape index (κ3) is 3.19. The van der Waals surface area contributed by atoms with Gasteiger partial charge in [0, 0.05) is 11.4 Å². The summed E-state index contributed by atoms with van der Waals surface area (Å²) in [5.41, 5.74) is 0.315. The minimum Gasteiger partial charge on any atom is -0.479 e. The lowest BCUT2D eigenvalue weighted by Gasteiger charge is -2.33. The fourth-order valence-electron chi connectivity index (χ4n) is 2.21. The van der Waals surface area contributed by atoms with Crippen LogP contribution in [0, 0.1) is 0 Å². The van der Waals surface area contributed by atoms with E-state index in [9.17, 15) is 14.7 Å². The van der Waals surface area contributed by atoms with Gasteiger partial charge < -0.3 is 14.7 Å². The molecule has 110 valence electrons. The number of hydrogen-bond donors (Lipinski definition) is 1. The molecule has 0 saturated carbocycles. The van der Waals surface area contributed by atoms with Crippen molar-refractivity contribution in [3.05, 3.63) is 21.9 Å². The summed E-state index contributed by atoms with van der Waals surface area (Å²) in [6, 6.07) is 0.907. The average Bonchev–Trinajstić information content (AvgIpc) is 2.81. The molecule has 1 unspecified atom stereocenters. The largest absolute Gasteiger partial charge is 0.479 e. The van der Waals surface area contributed by atoms with Gasteiger partial charge in [-0.05, 0) is 44.2 Å². The minimum atomic E-state index is -0.992. The second-order valence-corrected chi connectivity index (χ2v) is 6.78. The fourth-order valence-corrected chi connectivity index (χ4v) is 3.12. The number of carboxylic acid groups (broad SMARTS) is 1. The maximum Gasteiger partial charge on any atom is 0.331 e. The van der Waals surface area contributed by atoms with Crippen molar-refractivity contribution in [1.29, 1.82) is 0 Å². The highest BCUT2D eigenvalue weighted by atomic mass is 32.1. The topological polar surface area (TPSA) is 66.8 Å². The van der Waals surface area contributed by atoms with Gasteiger partial charge in [-0.1, -0.05) is 0 Å². The first-order chi connectivity index (χ1) is 9.29. The Kier molecular flexibility index (Phi) is 4.15. The molecule has 0 saturated heterocycles. The van der Waals surface area contributed by atoms with E-state index in [1.807, 2.05) is 26.2 Å². The number of aliphatic carboxylic acids is 1. The van der Waals surface area contributed by atoms with Crippen LogP contribution in [0.4, 0.5) is 0 Å². The Labute approximate surface area is 122 Å². The highest BCUT2D eigenvalue weighted by Crippen LogP contribution is 2.33. The third-order valence-electron chi connectivity index (χ3n) is 3.15. The van der Waals surface area contributed by atoms with Crippen LogP contribution >= 0.6 is 11.3 Å². The molecule has 0 radical (unpaired) electrons. The summed E-state index contributed by atoms with van der Waals surface area (Å²) in [7, 11) is 0. The predicted octanol–water partition coefficient (Wildman–Crippen LogP) is 2.07. The summed E-state index contributed by atoms with van der Waals surface area (Å²) in [4.78, 5) is 26.2. The lowest BCUT2D eigenvalue weighted by atomic mass is 10.00. The molecule has 0 fully saturated rings. The van der Waals surface area contributed by atoms with E-state index < -0.39 is 17.6 Å². The van der Waals surface area contributed by atoms with Crippen molar-refractivity contribution >= 4 is 23.2 Å². The predicted molar refractivity (Wildman–Crippen MR) is 75.8 cm³/mol. The van der Waals surface area contributed by atoms with Gasteiger partial charge >= 0.3 is 5.97 Å². The Balaban J connectivity index is 2.15. The van der Waals surface area contributed by atoms with Crippen LogP contribution in [-0.4, -0.2) is 40.6 Å². The molecule has 6 heteroatoms. The second kappa shape index (κ2) is 5.54. The lowest BCUT2D eigenvalue weighted by Crippen LogP contribution is -2.45. The van der Waals surface area contributed by atoms with Gasteiger partial charge in [-0.25, -0.2) is 4.79 Å². The number of ether oxygens (including phenoxy) is 1. The van der Waals surface area contributed by atoms with Gasteiger partial charge in [0.1, 0.15) is 6.61 Å². The zero-order chi connectivity index (χ0) is 14.9. The lowest BCUT2D eigenvalue weighted by molar-refractivity contribution is -0.155. The zero-order valence-electron chi connectivity index (χ0n) is 11.9. The minimum absolute atomic E-state index is 0.0905. The summed E-state index contributed by atoms with van der Waals surface area (Å²) in [6.07, 6.45) is 0.706. The summed E-state index contributed by atoms with van der Waals surface area (Å²) in [5.74, 6) is -1.27. The van der Waals surface area contributed by atoms with Crippen molar-refractivity contribution in [3.8, 4) is 0 Å². The highest BCUT2D eigenvalue weighted by Gasteiger charge is 2.36. The molecule has 1 aromatic heterocycles. The van der Waals surface area contributed by atoms with Gasteiger partial charge in [0.2, 0.25) is 5.91 Å². The van der Waals surface area contributed by atoms with Gasteiger partial charge in [-0.2, -0.15) is 0 Å². The number of amides is 1. The molecule has 1 amide bonds. The molecule has 2 rings (SSSR count). The van der Waals surface area contributed by atoms with Gasteiger partial charge in [-0.15, -0.1) is 11.3 Å². The molecule has 0 spiro atoms. The van der Waals surface area contributed by atoms with Crippen molar-refractivity contribution < 1.29 is 19.4 Å². The molecule has 0 aliphatic carbocycles. The smallest absolute Gasteiger partial charge is 0.331 e. The Hall–Kier alpha value is -1.40. The molecule has 1 atom stereocenters. The SMILES string of the molecule is CC(C)(C)OCC(=O)N1CCc2sccc2C1C(=O)O. The summed E-state index contributed by atoms with van der Waals surface area (Å²) >= 11 is 1.55. The van der Waals surface area contributed by atoms with Crippen LogP contribution < -0.4 is 0 Å². The van der Waals surface area contributed by atoms with Crippen molar-refractivity contribution in [2.45, 2.75) is 38.8 Å². The van der Waals surface area contributed by atoms with Crippen LogP contribution in [0.3, 0.4) is 0 Å². The van der Waals surface area contributed by atoms with E-state index in [0.717, 1.165) is 10.4 Å². The van der Waals surface area contributed by atoms with Crippen LogP contribution in [0.2, 0.25) is 0 Å². The summed E-state index contributed by atoms with van der Waals surface area (Å²) in [6.45, 7) is 5.93. The molecular weight excluding hydrogens is 278 g/mol. The molecule has 0 bridgehead atoms. The number of fused-ring (bicyclic) bond motifs is 1. The number of hydrogen-bond acceptors (Lipinski definition) is 4. The number of carbonyl (C=O) groups excluding carboxylic acids is 1. The Bertz CT molecular complexity index is 517. The summed E-state index contributed by atoms with van der Waals surface area (Å²) in [5, 5.41) is 11.3. The zero-order valence-corrected chi connectivity index (χ0v) is 12.7.